The first-order chi connectivity index (χ1) is 6.43. The average Bonchev–Trinajstić information content (AvgIpc) is 2.08. The summed E-state index contributed by atoms with van der Waals surface area (Å²) in [5, 5.41) is 0. The highest BCUT2D eigenvalue weighted by Gasteiger charge is 2.24. The van der Waals surface area contributed by atoms with Gasteiger partial charge in [0.1, 0.15) is 0 Å². The van der Waals surface area contributed by atoms with Gasteiger partial charge in [0, 0.05) is 0 Å². The van der Waals surface area contributed by atoms with Gasteiger partial charge in [-0.3, -0.25) is 4.72 Å². The van der Waals surface area contributed by atoms with Crippen molar-refractivity contribution in [1.82, 2.24) is 0 Å². The summed E-state index contributed by atoms with van der Waals surface area (Å²) in [6.07, 6.45) is 0. The second-order valence-corrected chi connectivity index (χ2v) is 4.15. The Kier molecular flexibility index (Phi) is 2.90. The third-order valence-corrected chi connectivity index (χ3v) is 2.42. The molecule has 0 radical (unpaired) electrons. The Morgan fingerprint density at radius 2 is 1.86 bits per heavy atom. The fraction of sp³-hybridized carbons (Fsp3) is 0.143. The van der Waals surface area contributed by atoms with Crippen LogP contribution in [0.1, 0.15) is 0 Å². The van der Waals surface area contributed by atoms with Crippen LogP contribution in [0.15, 0.2) is 24.3 Å². The maximum atomic E-state index is 11.9. The molecule has 0 unspecified atom stereocenters. The molecule has 0 aliphatic rings. The minimum absolute atomic E-state index is 0.0483. The number of sulfonamides is 1. The molecule has 1 aromatic rings. The number of alkyl halides is 2. The van der Waals surface area contributed by atoms with Gasteiger partial charge in [-0.2, -0.15) is 8.78 Å². The molecule has 0 atom stereocenters. The molecule has 0 fully saturated rings. The molecule has 4 nitrogen and oxygen atoms in total. The van der Waals surface area contributed by atoms with E-state index in [1.54, 1.807) is 10.8 Å². The van der Waals surface area contributed by atoms with E-state index in [1.165, 1.54) is 18.2 Å². The molecule has 14 heavy (non-hydrogen) atoms. The predicted octanol–water partition coefficient (Wildman–Crippen LogP) is 1.23. The Bertz CT molecular complexity index is 419. The number of nitrogens with two attached hydrogens (primary N) is 1. The Morgan fingerprint density at radius 3 is 2.36 bits per heavy atom. The van der Waals surface area contributed by atoms with Crippen LogP contribution in [-0.4, -0.2) is 14.2 Å². The molecule has 3 N–H and O–H groups in total. The van der Waals surface area contributed by atoms with E-state index in [-0.39, 0.29) is 11.4 Å². The van der Waals surface area contributed by atoms with Crippen molar-refractivity contribution >= 4 is 21.4 Å². The van der Waals surface area contributed by atoms with Crippen LogP contribution < -0.4 is 10.5 Å². The number of rotatable bonds is 3. The lowest BCUT2D eigenvalue weighted by Crippen LogP contribution is -2.21. The van der Waals surface area contributed by atoms with Crippen molar-refractivity contribution in [1.29, 1.82) is 0 Å². The zero-order chi connectivity index (χ0) is 10.8. The summed E-state index contributed by atoms with van der Waals surface area (Å²) in [5.41, 5.74) is 5.40. The van der Waals surface area contributed by atoms with E-state index in [1.807, 2.05) is 0 Å². The number of nitrogen functional groups attached to an aromatic ring is 1. The van der Waals surface area contributed by atoms with Crippen molar-refractivity contribution in [3.63, 3.8) is 0 Å². The predicted molar refractivity (Wildman–Crippen MR) is 49.4 cm³/mol. The average molecular weight is 222 g/mol. The zero-order valence-corrected chi connectivity index (χ0v) is 7.76. The molecule has 0 aromatic heterocycles. The van der Waals surface area contributed by atoms with Crippen molar-refractivity contribution in [3.8, 4) is 0 Å². The van der Waals surface area contributed by atoms with Gasteiger partial charge in [0.15, 0.2) is 0 Å². The molecule has 0 saturated heterocycles. The Morgan fingerprint density at radius 1 is 1.29 bits per heavy atom. The first-order valence-corrected chi connectivity index (χ1v) is 5.12. The van der Waals surface area contributed by atoms with Gasteiger partial charge in [-0.15, -0.1) is 0 Å². The first-order valence-electron chi connectivity index (χ1n) is 3.58. The van der Waals surface area contributed by atoms with Crippen molar-refractivity contribution in [3.05, 3.63) is 24.3 Å². The van der Waals surface area contributed by atoms with E-state index in [4.69, 9.17) is 5.73 Å². The summed E-state index contributed by atoms with van der Waals surface area (Å²) in [7, 11) is -4.64. The standard InChI is InChI=1S/C7H8F2N2O2S/c8-7(9)14(12,13)11-6-4-2-1-3-5(6)10/h1-4,7,11H,10H2. The van der Waals surface area contributed by atoms with Gasteiger partial charge in [-0.25, -0.2) is 8.42 Å². The van der Waals surface area contributed by atoms with Crippen LogP contribution in [0.2, 0.25) is 0 Å². The fourth-order valence-electron chi connectivity index (χ4n) is 0.788. The Hall–Kier alpha value is -1.37. The molecule has 0 spiro atoms. The normalized spacial score (nSPS) is 11.6. The second-order valence-electron chi connectivity index (χ2n) is 2.49. The number of hydrogen-bond acceptors (Lipinski definition) is 3. The van der Waals surface area contributed by atoms with Gasteiger partial charge in [0.2, 0.25) is 0 Å². The molecule has 0 saturated carbocycles. The lowest BCUT2D eigenvalue weighted by Gasteiger charge is -2.08. The summed E-state index contributed by atoms with van der Waals surface area (Å²) in [5.74, 6) is -3.47. The number of halogens is 2. The summed E-state index contributed by atoms with van der Waals surface area (Å²) >= 11 is 0. The highest BCUT2D eigenvalue weighted by atomic mass is 32.2. The molecule has 0 aliphatic carbocycles. The van der Waals surface area contributed by atoms with Crippen LogP contribution in [0.4, 0.5) is 20.2 Å². The van der Waals surface area contributed by atoms with Gasteiger partial charge < -0.3 is 5.73 Å². The maximum Gasteiger partial charge on any atom is 0.355 e. The highest BCUT2D eigenvalue weighted by Crippen LogP contribution is 2.20. The van der Waals surface area contributed by atoms with Crippen LogP contribution in [0.3, 0.4) is 0 Å². The van der Waals surface area contributed by atoms with Crippen LogP contribution in [0.25, 0.3) is 0 Å². The molecule has 1 rings (SSSR count). The van der Waals surface area contributed by atoms with Crippen LogP contribution >= 0.6 is 0 Å². The lowest BCUT2D eigenvalue weighted by atomic mass is 10.3. The zero-order valence-electron chi connectivity index (χ0n) is 6.94. The summed E-state index contributed by atoms with van der Waals surface area (Å²) in [6, 6.07) is 5.76. The van der Waals surface area contributed by atoms with Gasteiger partial charge >= 0.3 is 5.76 Å². The molecule has 1 aromatic carbocycles. The maximum absolute atomic E-state index is 11.9. The highest BCUT2D eigenvalue weighted by molar-refractivity contribution is 7.93. The first kappa shape index (κ1) is 10.7. The van der Waals surface area contributed by atoms with E-state index in [0.717, 1.165) is 0 Å². The third-order valence-electron chi connectivity index (χ3n) is 1.45. The SMILES string of the molecule is Nc1ccccc1NS(=O)(=O)C(F)F. The molecular formula is C7H8F2N2O2S. The second kappa shape index (κ2) is 3.79. The number of benzene rings is 1. The van der Waals surface area contributed by atoms with E-state index in [0.29, 0.717) is 0 Å². The van der Waals surface area contributed by atoms with Crippen molar-refractivity contribution in [2.24, 2.45) is 0 Å². The summed E-state index contributed by atoms with van der Waals surface area (Å²) < 4.78 is 47.0. The molecule has 0 heterocycles. The van der Waals surface area contributed by atoms with Gasteiger partial charge in [-0.1, -0.05) is 12.1 Å². The number of anilines is 2. The smallest absolute Gasteiger partial charge is 0.355 e. The van der Waals surface area contributed by atoms with E-state index < -0.39 is 15.8 Å². The van der Waals surface area contributed by atoms with Gasteiger partial charge in [-0.05, 0) is 12.1 Å². The Balaban J connectivity index is 2.96. The van der Waals surface area contributed by atoms with E-state index in [2.05, 4.69) is 0 Å². The number of nitrogens with one attached hydrogen (secondary N) is 1. The van der Waals surface area contributed by atoms with E-state index in [9.17, 15) is 17.2 Å². The topological polar surface area (TPSA) is 72.2 Å². The fourth-order valence-corrected chi connectivity index (χ4v) is 1.37. The van der Waals surface area contributed by atoms with Gasteiger partial charge in [0.05, 0.1) is 11.4 Å². The quantitative estimate of drug-likeness (QED) is 0.755. The van der Waals surface area contributed by atoms with E-state index >= 15 is 0 Å². The number of para-hydroxylation sites is 2. The minimum atomic E-state index is -4.64. The third kappa shape index (κ3) is 2.32. The van der Waals surface area contributed by atoms with Crippen LogP contribution in [0, 0.1) is 0 Å². The summed E-state index contributed by atoms with van der Waals surface area (Å²) in [6.45, 7) is 0. The molecule has 0 amide bonds. The minimum Gasteiger partial charge on any atom is -0.397 e. The van der Waals surface area contributed by atoms with Crippen molar-refractivity contribution in [2.45, 2.75) is 5.76 Å². The summed E-state index contributed by atoms with van der Waals surface area (Å²) in [4.78, 5) is 0. The molecule has 7 heteroatoms. The lowest BCUT2D eigenvalue weighted by molar-refractivity contribution is 0.236. The number of hydrogen-bond donors (Lipinski definition) is 2. The molecule has 0 aliphatic heterocycles. The van der Waals surface area contributed by atoms with Crippen molar-refractivity contribution < 1.29 is 17.2 Å². The van der Waals surface area contributed by atoms with Crippen LogP contribution in [0.5, 0.6) is 0 Å². The van der Waals surface area contributed by atoms with Gasteiger partial charge in [0.25, 0.3) is 10.0 Å². The molecule has 0 bridgehead atoms. The monoisotopic (exact) mass is 222 g/mol. The molecule has 78 valence electrons. The Labute approximate surface area is 79.8 Å². The van der Waals surface area contributed by atoms with Crippen LogP contribution in [-0.2, 0) is 10.0 Å². The molecular weight excluding hydrogens is 214 g/mol. The largest absolute Gasteiger partial charge is 0.397 e. The van der Waals surface area contributed by atoms with Crippen molar-refractivity contribution in [2.75, 3.05) is 10.5 Å².